The number of aromatic nitrogens is 3. The van der Waals surface area contributed by atoms with E-state index in [1.54, 1.807) is 7.11 Å². The van der Waals surface area contributed by atoms with Gasteiger partial charge in [-0.1, -0.05) is 43.7 Å². The molecule has 2 aliphatic rings. The number of likely N-dealkylation sites (N-methyl/N-ethyl adjacent to an activating group) is 1. The fourth-order valence-electron chi connectivity index (χ4n) is 6.54. The molecule has 2 aromatic carbocycles. The van der Waals surface area contributed by atoms with E-state index in [4.69, 9.17) is 14.7 Å². The second-order valence-electron chi connectivity index (χ2n) is 11.8. The molecule has 8 nitrogen and oxygen atoms in total. The van der Waals surface area contributed by atoms with Gasteiger partial charge in [-0.2, -0.15) is 0 Å². The summed E-state index contributed by atoms with van der Waals surface area (Å²) in [5, 5.41) is 3.60. The number of piperazine rings is 1. The maximum absolute atomic E-state index is 5.90. The van der Waals surface area contributed by atoms with Gasteiger partial charge in [-0.05, 0) is 49.6 Å². The van der Waals surface area contributed by atoms with Crippen molar-refractivity contribution in [1.29, 1.82) is 0 Å². The number of rotatable bonds is 10. The first-order valence-corrected chi connectivity index (χ1v) is 15.6. The summed E-state index contributed by atoms with van der Waals surface area (Å²) in [4.78, 5) is 20.8. The highest BCUT2D eigenvalue weighted by Gasteiger charge is 2.27. The Morgan fingerprint density at radius 3 is 2.48 bits per heavy atom. The van der Waals surface area contributed by atoms with Gasteiger partial charge in [-0.3, -0.25) is 4.90 Å². The zero-order valence-electron chi connectivity index (χ0n) is 25.4. The summed E-state index contributed by atoms with van der Waals surface area (Å²) in [6.07, 6.45) is 7.19. The van der Waals surface area contributed by atoms with Crippen LogP contribution in [-0.4, -0.2) is 84.2 Å². The molecule has 0 spiro atoms. The lowest BCUT2D eigenvalue weighted by atomic mass is 10.0. The molecule has 0 atom stereocenters. The first kappa shape index (κ1) is 28.5. The molecule has 4 aromatic rings. The fourth-order valence-corrected chi connectivity index (χ4v) is 6.54. The number of fused-ring (bicyclic) bond motifs is 1. The molecule has 0 amide bonds. The predicted octanol–water partition coefficient (Wildman–Crippen LogP) is 5.34. The zero-order chi connectivity index (χ0) is 28.9. The Labute approximate surface area is 250 Å². The van der Waals surface area contributed by atoms with Crippen molar-refractivity contribution in [2.75, 3.05) is 63.6 Å². The number of methoxy groups -OCH3 is 1. The smallest absolute Gasteiger partial charge is 0.154 e. The van der Waals surface area contributed by atoms with Crippen molar-refractivity contribution in [3.05, 3.63) is 77.2 Å². The summed E-state index contributed by atoms with van der Waals surface area (Å²) in [7, 11) is 3.99. The maximum Gasteiger partial charge on any atom is 0.154 e. The van der Waals surface area contributed by atoms with Gasteiger partial charge in [-0.25, -0.2) is 9.97 Å². The van der Waals surface area contributed by atoms with Gasteiger partial charge in [0.15, 0.2) is 5.82 Å². The van der Waals surface area contributed by atoms with E-state index in [9.17, 15) is 0 Å². The number of H-pyrrole nitrogens is 1. The summed E-state index contributed by atoms with van der Waals surface area (Å²) < 4.78 is 5.90. The molecule has 0 radical (unpaired) electrons. The minimum absolute atomic E-state index is 0.608. The van der Waals surface area contributed by atoms with E-state index >= 15 is 0 Å². The molecule has 4 heterocycles. The van der Waals surface area contributed by atoms with Crippen LogP contribution in [0, 0.1) is 0 Å². The SMILES string of the molecule is CCCc1ccccc1CNc1nc(Cc2ccc(N3CCC(N4CCN(C)CC4)CC3)cc2OC)nc2cc[nH]c12. The lowest BCUT2D eigenvalue weighted by Gasteiger charge is -2.42. The molecule has 2 fully saturated rings. The Balaban J connectivity index is 1.14. The van der Waals surface area contributed by atoms with Gasteiger partial charge in [0.1, 0.15) is 17.1 Å². The van der Waals surface area contributed by atoms with Gasteiger partial charge < -0.3 is 24.8 Å². The van der Waals surface area contributed by atoms with Crippen molar-refractivity contribution in [2.45, 2.75) is 51.6 Å². The molecule has 2 aliphatic heterocycles. The highest BCUT2D eigenvalue weighted by atomic mass is 16.5. The van der Waals surface area contributed by atoms with Crippen LogP contribution in [0.25, 0.3) is 11.0 Å². The highest BCUT2D eigenvalue weighted by molar-refractivity contribution is 5.85. The van der Waals surface area contributed by atoms with Crippen LogP contribution in [0.1, 0.15) is 48.7 Å². The van der Waals surface area contributed by atoms with Gasteiger partial charge in [0, 0.05) is 81.8 Å². The van der Waals surface area contributed by atoms with E-state index in [-0.39, 0.29) is 0 Å². The van der Waals surface area contributed by atoms with E-state index in [1.807, 2.05) is 12.3 Å². The van der Waals surface area contributed by atoms with Crippen LogP contribution in [-0.2, 0) is 19.4 Å². The van der Waals surface area contributed by atoms with Crippen LogP contribution in [0.3, 0.4) is 0 Å². The standard InChI is InChI=1S/C34H45N7O/c1-4-7-25-8-5-6-9-27(25)24-36-34-33-30(12-15-35-33)37-32(38-34)22-26-10-11-29(23-31(26)42-3)40-16-13-28(14-17-40)41-20-18-39(2)19-21-41/h5-6,8-12,15,23,28,35H,4,7,13-14,16-22,24H2,1-3H3,(H,36,37,38). The summed E-state index contributed by atoms with van der Waals surface area (Å²) in [5.74, 6) is 2.52. The van der Waals surface area contributed by atoms with Crippen LogP contribution >= 0.6 is 0 Å². The first-order chi connectivity index (χ1) is 20.6. The van der Waals surface area contributed by atoms with Crippen molar-refractivity contribution in [1.82, 2.24) is 24.8 Å². The van der Waals surface area contributed by atoms with Gasteiger partial charge in [0.2, 0.25) is 0 Å². The average Bonchev–Trinajstić information content (AvgIpc) is 3.50. The summed E-state index contributed by atoms with van der Waals surface area (Å²) in [6, 6.07) is 18.0. The number of hydrogen-bond acceptors (Lipinski definition) is 7. The number of nitrogens with zero attached hydrogens (tertiary/aromatic N) is 5. The molecule has 2 aromatic heterocycles. The molecule has 0 aliphatic carbocycles. The summed E-state index contributed by atoms with van der Waals surface area (Å²) in [6.45, 7) is 9.89. The first-order valence-electron chi connectivity index (χ1n) is 15.6. The van der Waals surface area contributed by atoms with E-state index in [0.717, 1.165) is 66.5 Å². The van der Waals surface area contributed by atoms with Gasteiger partial charge in [0.05, 0.1) is 12.6 Å². The van der Waals surface area contributed by atoms with Crippen LogP contribution in [0.5, 0.6) is 5.75 Å². The fraction of sp³-hybridized carbons (Fsp3) is 0.471. The average molecular weight is 568 g/mol. The molecule has 0 bridgehead atoms. The second kappa shape index (κ2) is 13.1. The molecule has 42 heavy (non-hydrogen) atoms. The zero-order valence-corrected chi connectivity index (χ0v) is 25.4. The Morgan fingerprint density at radius 2 is 1.71 bits per heavy atom. The van der Waals surface area contributed by atoms with Crippen LogP contribution in [0.15, 0.2) is 54.7 Å². The molecule has 2 N–H and O–H groups in total. The Kier molecular flexibility index (Phi) is 8.91. The summed E-state index contributed by atoms with van der Waals surface area (Å²) in [5.41, 5.74) is 6.89. The Bertz CT molecular complexity index is 1470. The third-order valence-corrected chi connectivity index (χ3v) is 9.04. The van der Waals surface area contributed by atoms with Crippen molar-refractivity contribution < 1.29 is 4.74 Å². The molecular weight excluding hydrogens is 522 g/mol. The third-order valence-electron chi connectivity index (χ3n) is 9.04. The van der Waals surface area contributed by atoms with E-state index in [2.05, 4.69) is 81.4 Å². The molecule has 2 saturated heterocycles. The monoisotopic (exact) mass is 567 g/mol. The third kappa shape index (κ3) is 6.40. The van der Waals surface area contributed by atoms with Crippen LogP contribution in [0.2, 0.25) is 0 Å². The van der Waals surface area contributed by atoms with Crippen LogP contribution in [0.4, 0.5) is 11.5 Å². The number of anilines is 2. The van der Waals surface area contributed by atoms with Gasteiger partial charge in [0.25, 0.3) is 0 Å². The molecule has 222 valence electrons. The highest BCUT2D eigenvalue weighted by Crippen LogP contribution is 2.31. The van der Waals surface area contributed by atoms with Gasteiger partial charge >= 0.3 is 0 Å². The largest absolute Gasteiger partial charge is 0.496 e. The normalized spacial score (nSPS) is 17.2. The predicted molar refractivity (Wildman–Crippen MR) is 172 cm³/mol. The lowest BCUT2D eigenvalue weighted by molar-refractivity contribution is 0.0982. The van der Waals surface area contributed by atoms with Crippen LogP contribution < -0.4 is 15.0 Å². The van der Waals surface area contributed by atoms with E-state index in [0.29, 0.717) is 12.5 Å². The minimum Gasteiger partial charge on any atom is -0.496 e. The Morgan fingerprint density at radius 1 is 0.929 bits per heavy atom. The molecule has 6 rings (SSSR count). The number of hydrogen-bond donors (Lipinski definition) is 2. The number of piperidine rings is 1. The molecule has 8 heteroatoms. The topological polar surface area (TPSA) is 72.6 Å². The van der Waals surface area contributed by atoms with E-state index in [1.165, 1.54) is 55.8 Å². The Hall–Kier alpha value is -3.62. The number of nitrogens with one attached hydrogen (secondary N) is 2. The van der Waals surface area contributed by atoms with Crippen molar-refractivity contribution in [2.24, 2.45) is 0 Å². The lowest BCUT2D eigenvalue weighted by Crippen LogP contribution is -2.52. The van der Waals surface area contributed by atoms with Crippen molar-refractivity contribution in [3.63, 3.8) is 0 Å². The minimum atomic E-state index is 0.608. The number of aryl methyl sites for hydroxylation is 1. The number of benzene rings is 2. The quantitative estimate of drug-likeness (QED) is 0.268. The molecule has 0 unspecified atom stereocenters. The maximum atomic E-state index is 5.90. The molecule has 0 saturated carbocycles. The van der Waals surface area contributed by atoms with E-state index < -0.39 is 0 Å². The van der Waals surface area contributed by atoms with Crippen molar-refractivity contribution in [3.8, 4) is 5.75 Å². The second-order valence-corrected chi connectivity index (χ2v) is 11.8. The number of aromatic amines is 1. The summed E-state index contributed by atoms with van der Waals surface area (Å²) >= 11 is 0. The van der Waals surface area contributed by atoms with Crippen molar-refractivity contribution >= 4 is 22.5 Å². The number of ether oxygens (including phenoxy) is 1. The van der Waals surface area contributed by atoms with Gasteiger partial charge in [-0.15, -0.1) is 0 Å². The molecular formula is C34H45N7O.